The molecule has 0 saturated carbocycles. The van der Waals surface area contributed by atoms with Crippen LogP contribution in [0.4, 0.5) is 0 Å². The monoisotopic (exact) mass is 378 g/mol. The molecule has 0 bridgehead atoms. The summed E-state index contributed by atoms with van der Waals surface area (Å²) in [5, 5.41) is 4.44. The van der Waals surface area contributed by atoms with Gasteiger partial charge in [-0.3, -0.25) is 4.68 Å². The third-order valence-corrected chi connectivity index (χ3v) is 2.32. The normalized spacial score (nSPS) is 9.73. The first kappa shape index (κ1) is 12.2. The minimum absolute atomic E-state index is 0. The molecule has 0 atom stereocenters. The predicted molar refractivity (Wildman–Crippen MR) is 56.5 cm³/mol. The van der Waals surface area contributed by atoms with Crippen molar-refractivity contribution in [2.45, 2.75) is 20.3 Å². The van der Waals surface area contributed by atoms with E-state index in [4.69, 9.17) is 0 Å². The summed E-state index contributed by atoms with van der Waals surface area (Å²) in [5.74, 6) is 0. The molecule has 1 heterocycles. The summed E-state index contributed by atoms with van der Waals surface area (Å²) in [7, 11) is 0. The first-order chi connectivity index (χ1) is 6.81. The van der Waals surface area contributed by atoms with Crippen molar-refractivity contribution in [2.75, 3.05) is 0 Å². The maximum atomic E-state index is 4.44. The maximum absolute atomic E-state index is 4.44. The molecule has 2 aromatic rings. The van der Waals surface area contributed by atoms with Gasteiger partial charge in [0.25, 0.3) is 0 Å². The Morgan fingerprint density at radius 3 is 2.73 bits per heavy atom. The third kappa shape index (κ3) is 2.55. The van der Waals surface area contributed by atoms with E-state index in [2.05, 4.69) is 24.3 Å². The van der Waals surface area contributed by atoms with E-state index < -0.39 is 0 Å². The van der Waals surface area contributed by atoms with Crippen LogP contribution in [-0.2, 0) is 26.5 Å². The van der Waals surface area contributed by atoms with Crippen LogP contribution in [0.25, 0.3) is 5.69 Å². The van der Waals surface area contributed by atoms with Crippen molar-refractivity contribution in [1.29, 1.82) is 0 Å². The number of hydrogen-bond donors (Lipinski definition) is 0. The van der Waals surface area contributed by atoms with Crippen molar-refractivity contribution in [3.05, 3.63) is 47.8 Å². The zero-order valence-electron chi connectivity index (χ0n) is 8.82. The van der Waals surface area contributed by atoms with Gasteiger partial charge in [-0.2, -0.15) is 29.4 Å². The molecule has 0 unspecified atom stereocenters. The summed E-state index contributed by atoms with van der Waals surface area (Å²) >= 11 is 0. The summed E-state index contributed by atoms with van der Waals surface area (Å²) in [6.07, 6.45) is 3.10. The largest absolute Gasteiger partial charge is 0.265 e. The number of aromatic nitrogens is 2. The molecule has 0 aliphatic heterocycles. The fourth-order valence-electron chi connectivity index (χ4n) is 1.49. The Morgan fingerprint density at radius 1 is 1.40 bits per heavy atom. The van der Waals surface area contributed by atoms with E-state index in [9.17, 15) is 0 Å². The van der Waals surface area contributed by atoms with E-state index >= 15 is 0 Å². The Balaban J connectivity index is 0.00000112. The number of benzene rings is 1. The van der Waals surface area contributed by atoms with Gasteiger partial charge in [0.05, 0.1) is 5.69 Å². The Labute approximate surface area is 104 Å². The summed E-state index contributed by atoms with van der Waals surface area (Å²) in [4.78, 5) is 0. The maximum Gasteiger partial charge on any atom is 0.0629 e. The SMILES string of the molecule is CCc1cn(-c2[c-]cccc2)nc1C.[Ir]. The van der Waals surface area contributed by atoms with Gasteiger partial charge in [-0.1, -0.05) is 6.92 Å². The van der Waals surface area contributed by atoms with Crippen molar-refractivity contribution in [1.82, 2.24) is 9.78 Å². The smallest absolute Gasteiger partial charge is 0.0629 e. The van der Waals surface area contributed by atoms with E-state index in [1.165, 1.54) is 5.56 Å². The second-order valence-electron chi connectivity index (χ2n) is 3.29. The molecule has 1 aromatic carbocycles. The summed E-state index contributed by atoms with van der Waals surface area (Å²) < 4.78 is 1.88. The van der Waals surface area contributed by atoms with Gasteiger partial charge in [0.2, 0.25) is 0 Å². The van der Waals surface area contributed by atoms with Crippen LogP contribution >= 0.6 is 0 Å². The average molecular weight is 377 g/mol. The van der Waals surface area contributed by atoms with Crippen LogP contribution in [0.5, 0.6) is 0 Å². The number of rotatable bonds is 2. The first-order valence-corrected chi connectivity index (χ1v) is 4.83. The molecule has 1 radical (unpaired) electrons. The molecule has 1 aromatic heterocycles. The molecule has 2 rings (SSSR count). The van der Waals surface area contributed by atoms with E-state index in [-0.39, 0.29) is 20.1 Å². The molecular formula is C12H13IrN2-. The summed E-state index contributed by atoms with van der Waals surface area (Å²) in [6.45, 7) is 4.18. The molecule has 3 heteroatoms. The van der Waals surface area contributed by atoms with Crippen LogP contribution in [-0.4, -0.2) is 9.78 Å². The summed E-state index contributed by atoms with van der Waals surface area (Å²) in [5.41, 5.74) is 3.39. The van der Waals surface area contributed by atoms with Gasteiger partial charge in [0.15, 0.2) is 0 Å². The van der Waals surface area contributed by atoms with Crippen molar-refractivity contribution >= 4 is 0 Å². The van der Waals surface area contributed by atoms with Crippen molar-refractivity contribution < 1.29 is 20.1 Å². The van der Waals surface area contributed by atoms with Gasteiger partial charge in [0.1, 0.15) is 0 Å². The van der Waals surface area contributed by atoms with Gasteiger partial charge in [-0.05, 0) is 24.6 Å². The molecular weight excluding hydrogens is 364 g/mol. The molecule has 0 amide bonds. The Kier molecular flexibility index (Phi) is 4.25. The van der Waals surface area contributed by atoms with Crippen LogP contribution in [0.3, 0.4) is 0 Å². The Hall–Kier alpha value is -0.921. The molecule has 0 saturated heterocycles. The fraction of sp³-hybridized carbons (Fsp3) is 0.250. The Bertz CT molecular complexity index is 420. The second-order valence-corrected chi connectivity index (χ2v) is 3.29. The van der Waals surface area contributed by atoms with Crippen molar-refractivity contribution in [2.24, 2.45) is 0 Å². The average Bonchev–Trinajstić information content (AvgIpc) is 2.61. The van der Waals surface area contributed by atoms with Crippen molar-refractivity contribution in [3.8, 4) is 5.69 Å². The molecule has 15 heavy (non-hydrogen) atoms. The van der Waals surface area contributed by atoms with Crippen molar-refractivity contribution in [3.63, 3.8) is 0 Å². The fourth-order valence-corrected chi connectivity index (χ4v) is 1.49. The number of nitrogens with zero attached hydrogens (tertiary/aromatic N) is 2. The predicted octanol–water partition coefficient (Wildman–Crippen LogP) is 2.54. The van der Waals surface area contributed by atoms with Crippen LogP contribution in [0.1, 0.15) is 18.2 Å². The standard InChI is InChI=1S/C12H13N2.Ir/c1-3-11-9-14(13-10(11)2)12-7-5-4-6-8-12;/h4-7,9H,3H2,1-2H3;/q-1;. The molecule has 81 valence electrons. The molecule has 0 N–H and O–H groups in total. The van der Waals surface area contributed by atoms with Crippen LogP contribution in [0.2, 0.25) is 0 Å². The van der Waals surface area contributed by atoms with Gasteiger partial charge >= 0.3 is 0 Å². The number of hydrogen-bond acceptors (Lipinski definition) is 1. The van der Waals surface area contributed by atoms with E-state index in [1.807, 2.05) is 35.9 Å². The zero-order chi connectivity index (χ0) is 9.97. The minimum Gasteiger partial charge on any atom is -0.265 e. The van der Waals surface area contributed by atoms with E-state index in [0.29, 0.717) is 0 Å². The quantitative estimate of drug-likeness (QED) is 0.736. The number of para-hydroxylation sites is 1. The topological polar surface area (TPSA) is 17.8 Å². The van der Waals surface area contributed by atoms with Gasteiger partial charge in [-0.25, -0.2) is 0 Å². The Morgan fingerprint density at radius 2 is 2.20 bits per heavy atom. The van der Waals surface area contributed by atoms with Crippen LogP contribution in [0, 0.1) is 13.0 Å². The van der Waals surface area contributed by atoms with Gasteiger partial charge < -0.3 is 0 Å². The first-order valence-electron chi connectivity index (χ1n) is 4.83. The van der Waals surface area contributed by atoms with Crippen LogP contribution in [0.15, 0.2) is 30.5 Å². The minimum atomic E-state index is 0. The van der Waals surface area contributed by atoms with Crippen LogP contribution < -0.4 is 0 Å². The van der Waals surface area contributed by atoms with E-state index in [1.54, 1.807) is 0 Å². The molecule has 0 spiro atoms. The molecule has 0 aliphatic rings. The molecule has 0 fully saturated rings. The molecule has 2 nitrogen and oxygen atoms in total. The van der Waals surface area contributed by atoms with E-state index in [0.717, 1.165) is 17.8 Å². The number of aryl methyl sites for hydroxylation is 2. The zero-order valence-corrected chi connectivity index (χ0v) is 11.2. The second kappa shape index (κ2) is 5.24. The van der Waals surface area contributed by atoms with Gasteiger partial charge in [-0.15, -0.1) is 6.07 Å². The van der Waals surface area contributed by atoms with Gasteiger partial charge in [0, 0.05) is 26.3 Å². The third-order valence-electron chi connectivity index (χ3n) is 2.32. The summed E-state index contributed by atoms with van der Waals surface area (Å²) in [6, 6.07) is 11.0. The molecule has 0 aliphatic carbocycles.